The van der Waals surface area contributed by atoms with Crippen LogP contribution in [0, 0.1) is 0 Å². The first-order chi connectivity index (χ1) is 14.7. The molecule has 5 nitrogen and oxygen atoms in total. The number of rotatable bonds is 13. The van der Waals surface area contributed by atoms with E-state index in [1.807, 2.05) is 24.5 Å². The average Bonchev–Trinajstić information content (AvgIpc) is 2.74. The second kappa shape index (κ2) is 12.2. The number of hydrogen-bond donors (Lipinski definition) is 0. The van der Waals surface area contributed by atoms with Crippen LogP contribution in [0.2, 0.25) is 0 Å². The lowest BCUT2D eigenvalue weighted by Gasteiger charge is -2.30. The molecular formula is C25H40N4OS. The predicted molar refractivity (Wildman–Crippen MR) is 135 cm³/mol. The summed E-state index contributed by atoms with van der Waals surface area (Å²) < 4.78 is 12.0. The lowest BCUT2D eigenvalue weighted by Crippen LogP contribution is -2.39. The third kappa shape index (κ3) is 8.26. The van der Waals surface area contributed by atoms with E-state index in [4.69, 9.17) is 0 Å². The van der Waals surface area contributed by atoms with E-state index in [-0.39, 0.29) is 0 Å². The summed E-state index contributed by atoms with van der Waals surface area (Å²) in [6.07, 6.45) is 11.1. The Hall–Kier alpha value is -1.92. The van der Waals surface area contributed by atoms with Gasteiger partial charge in [-0.05, 0) is 77.8 Å². The Kier molecular flexibility index (Phi) is 9.97. The molecule has 0 spiro atoms. The number of nitrogens with zero attached hydrogens (tertiary/aromatic N) is 4. The van der Waals surface area contributed by atoms with Gasteiger partial charge in [-0.25, -0.2) is 9.97 Å². The molecule has 0 fully saturated rings. The molecule has 0 aliphatic heterocycles. The fourth-order valence-corrected chi connectivity index (χ4v) is 4.47. The van der Waals surface area contributed by atoms with E-state index in [2.05, 4.69) is 65.6 Å². The summed E-state index contributed by atoms with van der Waals surface area (Å²) >= 11 is 0. The van der Waals surface area contributed by atoms with Crippen molar-refractivity contribution in [1.29, 1.82) is 0 Å². The summed E-state index contributed by atoms with van der Waals surface area (Å²) in [4.78, 5) is 14.5. The van der Waals surface area contributed by atoms with Gasteiger partial charge in [0.2, 0.25) is 5.95 Å². The Labute approximate surface area is 189 Å². The van der Waals surface area contributed by atoms with Crippen molar-refractivity contribution in [3.63, 3.8) is 0 Å². The first-order valence-electron chi connectivity index (χ1n) is 11.4. The number of aryl methyl sites for hydroxylation is 2. The van der Waals surface area contributed by atoms with Gasteiger partial charge in [0.15, 0.2) is 0 Å². The van der Waals surface area contributed by atoms with E-state index in [1.165, 1.54) is 11.1 Å². The third-order valence-corrected chi connectivity index (χ3v) is 7.10. The summed E-state index contributed by atoms with van der Waals surface area (Å²) in [7, 11) is -0.0593. The Balaban J connectivity index is 1.78. The molecule has 31 heavy (non-hydrogen) atoms. The molecule has 2 atom stereocenters. The van der Waals surface area contributed by atoms with Gasteiger partial charge in [0.05, 0.1) is 0 Å². The highest BCUT2D eigenvalue weighted by molar-refractivity contribution is 7.99. The molecule has 0 N–H and O–H groups in total. The van der Waals surface area contributed by atoms with Gasteiger partial charge in [-0.2, -0.15) is 0 Å². The highest BCUT2D eigenvalue weighted by Gasteiger charge is 2.14. The molecule has 0 aliphatic carbocycles. The second-order valence-corrected chi connectivity index (χ2v) is 11.1. The van der Waals surface area contributed by atoms with E-state index >= 15 is 0 Å². The number of aromatic nitrogens is 2. The minimum Gasteiger partial charge on any atom is -0.343 e. The molecular weight excluding hydrogens is 404 g/mol. The topological polar surface area (TPSA) is 49.3 Å². The summed E-state index contributed by atoms with van der Waals surface area (Å²) in [5.74, 6) is 4.55. The van der Waals surface area contributed by atoms with Gasteiger partial charge in [0.25, 0.3) is 0 Å². The molecule has 0 amide bonds. The molecule has 6 heteroatoms. The SMILES string of the molecule is C=S(C)(=O)c1ccc(CCCC(C)N(CC)CCN(C)c2ncc(CCC)cn2)cc1. The first kappa shape index (κ1) is 25.3. The standard InChI is InChI=1S/C25H40N4OS/c1-7-10-23-19-26-25(27-20-23)28(4)17-18-29(8-2)21(3)11-9-12-22-13-15-24(16-14-22)31(5,6)30/h13-16,19-21H,5,7-12,17-18H2,1-4,6H3. The van der Waals surface area contributed by atoms with Crippen LogP contribution in [0.3, 0.4) is 0 Å². The molecule has 0 saturated carbocycles. The zero-order valence-electron chi connectivity index (χ0n) is 20.0. The molecule has 1 aromatic carbocycles. The van der Waals surface area contributed by atoms with Crippen molar-refractivity contribution >= 4 is 21.3 Å². The van der Waals surface area contributed by atoms with Gasteiger partial charge in [-0.3, -0.25) is 9.11 Å². The van der Waals surface area contributed by atoms with Gasteiger partial charge in [-0.1, -0.05) is 32.4 Å². The highest BCUT2D eigenvalue weighted by atomic mass is 32.2. The Morgan fingerprint density at radius 1 is 1.03 bits per heavy atom. The van der Waals surface area contributed by atoms with Crippen molar-refractivity contribution in [2.75, 3.05) is 37.8 Å². The van der Waals surface area contributed by atoms with Gasteiger partial charge < -0.3 is 4.90 Å². The van der Waals surface area contributed by atoms with E-state index in [0.29, 0.717) is 6.04 Å². The minimum atomic E-state index is -2.13. The third-order valence-electron chi connectivity index (χ3n) is 5.83. The molecule has 172 valence electrons. The molecule has 0 aliphatic rings. The smallest absolute Gasteiger partial charge is 0.225 e. The Bertz CT molecular complexity index is 879. The molecule has 2 rings (SSSR count). The van der Waals surface area contributed by atoms with E-state index in [0.717, 1.165) is 62.6 Å². The van der Waals surface area contributed by atoms with Crippen LogP contribution >= 0.6 is 0 Å². The van der Waals surface area contributed by atoms with Crippen LogP contribution in [0.1, 0.15) is 51.2 Å². The summed E-state index contributed by atoms with van der Waals surface area (Å²) in [6, 6.07) is 8.62. The van der Waals surface area contributed by atoms with Crippen molar-refractivity contribution in [1.82, 2.24) is 14.9 Å². The maximum Gasteiger partial charge on any atom is 0.225 e. The largest absolute Gasteiger partial charge is 0.343 e. The maximum absolute atomic E-state index is 12.0. The van der Waals surface area contributed by atoms with E-state index in [1.54, 1.807) is 6.26 Å². The van der Waals surface area contributed by atoms with Crippen LogP contribution in [0.25, 0.3) is 0 Å². The van der Waals surface area contributed by atoms with E-state index in [9.17, 15) is 4.21 Å². The average molecular weight is 445 g/mol. The Morgan fingerprint density at radius 2 is 1.68 bits per heavy atom. The van der Waals surface area contributed by atoms with Crippen LogP contribution in [-0.4, -0.2) is 63.9 Å². The normalized spacial score (nSPS) is 14.4. The van der Waals surface area contributed by atoms with Crippen molar-refractivity contribution in [3.05, 3.63) is 47.8 Å². The number of anilines is 1. The maximum atomic E-state index is 12.0. The van der Waals surface area contributed by atoms with Gasteiger partial charge in [0, 0.05) is 49.7 Å². The predicted octanol–water partition coefficient (Wildman–Crippen LogP) is 4.30. The van der Waals surface area contributed by atoms with Crippen LogP contribution in [0.15, 0.2) is 41.6 Å². The van der Waals surface area contributed by atoms with Crippen molar-refractivity contribution in [2.24, 2.45) is 0 Å². The van der Waals surface area contributed by atoms with Crippen molar-refractivity contribution in [3.8, 4) is 0 Å². The monoisotopic (exact) mass is 444 g/mol. The molecule has 0 bridgehead atoms. The fraction of sp³-hybridized carbons (Fsp3) is 0.560. The summed E-state index contributed by atoms with van der Waals surface area (Å²) in [5.41, 5.74) is 2.50. The van der Waals surface area contributed by atoms with Crippen molar-refractivity contribution in [2.45, 2.75) is 63.8 Å². The highest BCUT2D eigenvalue weighted by Crippen LogP contribution is 2.15. The van der Waals surface area contributed by atoms with Crippen LogP contribution < -0.4 is 4.90 Å². The lowest BCUT2D eigenvalue weighted by molar-refractivity contribution is 0.212. The number of benzene rings is 1. The molecule has 2 aromatic rings. The van der Waals surface area contributed by atoms with Gasteiger partial charge in [-0.15, -0.1) is 0 Å². The molecule has 2 unspecified atom stereocenters. The van der Waals surface area contributed by atoms with Crippen LogP contribution in [0.4, 0.5) is 5.95 Å². The molecule has 1 aromatic heterocycles. The summed E-state index contributed by atoms with van der Waals surface area (Å²) in [5, 5.41) is 0. The van der Waals surface area contributed by atoms with Gasteiger partial charge >= 0.3 is 0 Å². The molecule has 0 saturated heterocycles. The van der Waals surface area contributed by atoms with E-state index < -0.39 is 9.52 Å². The van der Waals surface area contributed by atoms with Crippen LogP contribution in [-0.2, 0) is 22.4 Å². The molecule has 0 radical (unpaired) electrons. The number of likely N-dealkylation sites (N-methyl/N-ethyl adjacent to an activating group) is 2. The van der Waals surface area contributed by atoms with Crippen molar-refractivity contribution < 1.29 is 4.21 Å². The zero-order chi connectivity index (χ0) is 22.9. The first-order valence-corrected chi connectivity index (χ1v) is 13.6. The second-order valence-electron chi connectivity index (χ2n) is 8.58. The lowest BCUT2D eigenvalue weighted by atomic mass is 10.0. The Morgan fingerprint density at radius 3 is 2.23 bits per heavy atom. The summed E-state index contributed by atoms with van der Waals surface area (Å²) in [6.45, 7) is 9.66. The van der Waals surface area contributed by atoms with Crippen LogP contribution in [0.5, 0.6) is 0 Å². The number of hydrogen-bond acceptors (Lipinski definition) is 5. The molecule has 1 heterocycles. The fourth-order valence-electron chi connectivity index (χ4n) is 3.76. The quantitative estimate of drug-likeness (QED) is 0.431. The van der Waals surface area contributed by atoms with Gasteiger partial charge in [0.1, 0.15) is 0 Å². The zero-order valence-corrected chi connectivity index (χ0v) is 20.8. The minimum absolute atomic E-state index is 0.528.